The molecule has 0 aliphatic heterocycles. The summed E-state index contributed by atoms with van der Waals surface area (Å²) < 4.78 is 37.7. The summed E-state index contributed by atoms with van der Waals surface area (Å²) in [5.41, 5.74) is -0.176. The summed E-state index contributed by atoms with van der Waals surface area (Å²) in [7, 11) is 0. The molecule has 0 fully saturated rings. The van der Waals surface area contributed by atoms with Gasteiger partial charge >= 0.3 is 6.18 Å². The third-order valence-corrected chi connectivity index (χ3v) is 2.52. The first-order chi connectivity index (χ1) is 9.50. The molecule has 0 spiro atoms. The molecule has 1 heterocycles. The number of halogens is 3. The van der Waals surface area contributed by atoms with Crippen LogP contribution in [0.15, 0.2) is 36.7 Å². The maximum atomic E-state index is 12.6. The second-order valence-electron chi connectivity index (χ2n) is 3.92. The van der Waals surface area contributed by atoms with Crippen molar-refractivity contribution in [2.45, 2.75) is 12.7 Å². The summed E-state index contributed by atoms with van der Waals surface area (Å²) in [4.78, 5) is 7.72. The summed E-state index contributed by atoms with van der Waals surface area (Å²) in [6.45, 7) is 0.122. The van der Waals surface area contributed by atoms with Crippen LogP contribution in [0.4, 0.5) is 19.0 Å². The molecule has 1 aromatic heterocycles. The summed E-state index contributed by atoms with van der Waals surface area (Å²) in [5.74, 6) is 0.243. The number of benzene rings is 1. The van der Waals surface area contributed by atoms with Crippen LogP contribution in [0.5, 0.6) is 0 Å². The molecule has 0 unspecified atom stereocenters. The van der Waals surface area contributed by atoms with E-state index in [9.17, 15) is 13.2 Å². The van der Waals surface area contributed by atoms with E-state index in [1.165, 1.54) is 18.5 Å². The lowest BCUT2D eigenvalue weighted by Gasteiger charge is -2.10. The van der Waals surface area contributed by atoms with Crippen LogP contribution in [0.25, 0.3) is 0 Å². The highest BCUT2D eigenvalue weighted by molar-refractivity contribution is 5.47. The standard InChI is InChI=1S/C13H9F3N4/c14-13(15,16)10-3-1-2-9(6-10)8-20-12-11(7-17)18-4-5-19-12/h1-6H,8H2,(H,19,20). The number of anilines is 1. The number of nitrogens with one attached hydrogen (secondary N) is 1. The van der Waals surface area contributed by atoms with Crippen LogP contribution < -0.4 is 5.32 Å². The van der Waals surface area contributed by atoms with Crippen LogP contribution in [0.1, 0.15) is 16.8 Å². The zero-order valence-electron chi connectivity index (χ0n) is 10.1. The molecule has 0 radical (unpaired) electrons. The van der Waals surface area contributed by atoms with Crippen LogP contribution >= 0.6 is 0 Å². The number of nitrogens with zero attached hydrogens (tertiary/aromatic N) is 3. The molecule has 0 saturated carbocycles. The van der Waals surface area contributed by atoms with Gasteiger partial charge in [0, 0.05) is 18.9 Å². The van der Waals surface area contributed by atoms with E-state index in [-0.39, 0.29) is 18.1 Å². The van der Waals surface area contributed by atoms with E-state index in [0.717, 1.165) is 12.1 Å². The van der Waals surface area contributed by atoms with Gasteiger partial charge in [-0.15, -0.1) is 0 Å². The van der Waals surface area contributed by atoms with E-state index in [4.69, 9.17) is 5.26 Å². The summed E-state index contributed by atoms with van der Waals surface area (Å²) >= 11 is 0. The second kappa shape index (κ2) is 5.57. The Kier molecular flexibility index (Phi) is 3.84. The van der Waals surface area contributed by atoms with Crippen LogP contribution in [0, 0.1) is 11.3 Å². The van der Waals surface area contributed by atoms with Gasteiger partial charge in [-0.25, -0.2) is 9.97 Å². The lowest BCUT2D eigenvalue weighted by atomic mass is 10.1. The van der Waals surface area contributed by atoms with Crippen molar-refractivity contribution in [2.24, 2.45) is 0 Å². The first-order valence-corrected chi connectivity index (χ1v) is 5.62. The number of nitriles is 1. The minimum absolute atomic E-state index is 0.0967. The highest BCUT2D eigenvalue weighted by Gasteiger charge is 2.30. The van der Waals surface area contributed by atoms with Gasteiger partial charge in [0.05, 0.1) is 5.56 Å². The maximum Gasteiger partial charge on any atom is 0.416 e. The molecule has 0 atom stereocenters. The molecule has 2 aromatic rings. The Bertz CT molecular complexity index is 647. The summed E-state index contributed by atoms with van der Waals surface area (Å²) in [6, 6.07) is 6.80. The Morgan fingerprint density at radius 1 is 1.20 bits per heavy atom. The predicted molar refractivity (Wildman–Crippen MR) is 65.5 cm³/mol. The molecule has 102 valence electrons. The lowest BCUT2D eigenvalue weighted by molar-refractivity contribution is -0.137. The van der Waals surface area contributed by atoms with E-state index in [1.807, 2.05) is 6.07 Å². The molecule has 1 N–H and O–H groups in total. The van der Waals surface area contributed by atoms with Gasteiger partial charge in [-0.1, -0.05) is 12.1 Å². The van der Waals surface area contributed by atoms with Crippen molar-refractivity contribution in [1.82, 2.24) is 9.97 Å². The van der Waals surface area contributed by atoms with Gasteiger partial charge in [-0.3, -0.25) is 0 Å². The van der Waals surface area contributed by atoms with Crippen molar-refractivity contribution in [3.05, 3.63) is 53.5 Å². The Morgan fingerprint density at radius 2 is 1.95 bits per heavy atom. The van der Waals surface area contributed by atoms with Gasteiger partial charge < -0.3 is 5.32 Å². The second-order valence-corrected chi connectivity index (χ2v) is 3.92. The van der Waals surface area contributed by atoms with Gasteiger partial charge in [0.25, 0.3) is 0 Å². The third kappa shape index (κ3) is 3.23. The van der Waals surface area contributed by atoms with Crippen molar-refractivity contribution in [1.29, 1.82) is 5.26 Å². The van der Waals surface area contributed by atoms with Crippen LogP contribution in [0.2, 0.25) is 0 Å². The fourth-order valence-corrected chi connectivity index (χ4v) is 1.59. The van der Waals surface area contributed by atoms with Gasteiger partial charge in [0.15, 0.2) is 11.5 Å². The SMILES string of the molecule is N#Cc1nccnc1NCc1cccc(C(F)(F)F)c1. The first kappa shape index (κ1) is 13.8. The van der Waals surface area contributed by atoms with E-state index >= 15 is 0 Å². The molecular weight excluding hydrogens is 269 g/mol. The molecule has 0 bridgehead atoms. The molecule has 0 saturated heterocycles. The largest absolute Gasteiger partial charge is 0.416 e. The summed E-state index contributed by atoms with van der Waals surface area (Å²) in [6.07, 6.45) is -1.61. The molecule has 0 aliphatic carbocycles. The molecule has 20 heavy (non-hydrogen) atoms. The quantitative estimate of drug-likeness (QED) is 0.937. The summed E-state index contributed by atoms with van der Waals surface area (Å²) in [5, 5.41) is 11.6. The molecule has 2 rings (SSSR count). The Balaban J connectivity index is 2.14. The Morgan fingerprint density at radius 3 is 2.65 bits per heavy atom. The van der Waals surface area contributed by atoms with Crippen molar-refractivity contribution in [2.75, 3.05) is 5.32 Å². The van der Waals surface area contributed by atoms with Crippen LogP contribution in [-0.4, -0.2) is 9.97 Å². The smallest absolute Gasteiger partial charge is 0.364 e. The number of alkyl halides is 3. The average Bonchev–Trinajstić information content (AvgIpc) is 2.45. The van der Waals surface area contributed by atoms with Gasteiger partial charge in [-0.05, 0) is 17.7 Å². The number of hydrogen-bond donors (Lipinski definition) is 1. The van der Waals surface area contributed by atoms with E-state index in [0.29, 0.717) is 5.56 Å². The maximum absolute atomic E-state index is 12.6. The van der Waals surface area contributed by atoms with Crippen LogP contribution in [-0.2, 0) is 12.7 Å². The highest BCUT2D eigenvalue weighted by atomic mass is 19.4. The van der Waals surface area contributed by atoms with Crippen molar-refractivity contribution in [3.63, 3.8) is 0 Å². The fourth-order valence-electron chi connectivity index (χ4n) is 1.59. The fraction of sp³-hybridized carbons (Fsp3) is 0.154. The number of rotatable bonds is 3. The first-order valence-electron chi connectivity index (χ1n) is 5.62. The van der Waals surface area contributed by atoms with E-state index in [2.05, 4.69) is 15.3 Å². The normalized spacial score (nSPS) is 10.9. The minimum atomic E-state index is -4.37. The highest BCUT2D eigenvalue weighted by Crippen LogP contribution is 2.29. The zero-order valence-corrected chi connectivity index (χ0v) is 10.1. The van der Waals surface area contributed by atoms with Crippen molar-refractivity contribution >= 4 is 5.82 Å². The number of hydrogen-bond acceptors (Lipinski definition) is 4. The van der Waals surface area contributed by atoms with Gasteiger partial charge in [0.2, 0.25) is 0 Å². The minimum Gasteiger partial charge on any atom is -0.364 e. The predicted octanol–water partition coefficient (Wildman–Crippen LogP) is 2.98. The average molecular weight is 278 g/mol. The van der Waals surface area contributed by atoms with Crippen LogP contribution in [0.3, 0.4) is 0 Å². The van der Waals surface area contributed by atoms with Gasteiger partial charge in [-0.2, -0.15) is 18.4 Å². The molecule has 7 heteroatoms. The van der Waals surface area contributed by atoms with E-state index < -0.39 is 11.7 Å². The Labute approximate surface area is 112 Å². The third-order valence-electron chi connectivity index (χ3n) is 2.52. The Hall–Kier alpha value is -2.62. The monoisotopic (exact) mass is 278 g/mol. The van der Waals surface area contributed by atoms with E-state index in [1.54, 1.807) is 6.07 Å². The molecular formula is C13H9F3N4. The lowest BCUT2D eigenvalue weighted by Crippen LogP contribution is -2.08. The zero-order chi connectivity index (χ0) is 14.6. The van der Waals surface area contributed by atoms with Crippen molar-refractivity contribution in [3.8, 4) is 6.07 Å². The molecule has 0 aliphatic rings. The van der Waals surface area contributed by atoms with Crippen molar-refractivity contribution < 1.29 is 13.2 Å². The van der Waals surface area contributed by atoms with Gasteiger partial charge in [0.1, 0.15) is 6.07 Å². The molecule has 4 nitrogen and oxygen atoms in total. The molecule has 0 amide bonds. The topological polar surface area (TPSA) is 61.6 Å². The molecule has 1 aromatic carbocycles. The number of aromatic nitrogens is 2.